The molecule has 8 heteroatoms. The Hall–Kier alpha value is -3.10. The maximum atomic E-state index is 12.0. The molecule has 0 bridgehead atoms. The molecule has 0 amide bonds. The molecular weight excluding hydrogens is 352 g/mol. The van der Waals surface area contributed by atoms with Gasteiger partial charge in [-0.3, -0.25) is 14.2 Å². The zero-order valence-corrected chi connectivity index (χ0v) is 14.6. The number of hydrogen-bond acceptors (Lipinski definition) is 6. The molecule has 26 heavy (non-hydrogen) atoms. The molecule has 5 N–H and O–H groups in total. The molecule has 0 unspecified atom stereocenters. The van der Waals surface area contributed by atoms with E-state index in [1.165, 1.54) is 0 Å². The first-order valence-corrected chi connectivity index (χ1v) is 8.71. The van der Waals surface area contributed by atoms with E-state index in [0.29, 0.717) is 10.8 Å². The maximum absolute atomic E-state index is 12.0. The molecule has 0 aliphatic carbocycles. The van der Waals surface area contributed by atoms with Gasteiger partial charge in [0.25, 0.3) is 5.56 Å². The molecule has 0 saturated carbocycles. The Morgan fingerprint density at radius 3 is 2.54 bits per heavy atom. The number of amidine groups is 1. The number of H-pyrrole nitrogens is 1. The van der Waals surface area contributed by atoms with Gasteiger partial charge in [0, 0.05) is 5.69 Å². The van der Waals surface area contributed by atoms with E-state index >= 15 is 0 Å². The van der Waals surface area contributed by atoms with Crippen molar-refractivity contribution in [3.8, 4) is 11.5 Å². The molecule has 1 aromatic heterocycles. The fourth-order valence-corrected chi connectivity index (χ4v) is 3.00. The number of nitrogens with two attached hydrogens (primary N) is 1. The monoisotopic (exact) mass is 370 g/mol. The van der Waals surface area contributed by atoms with Crippen molar-refractivity contribution in [3.05, 3.63) is 70.5 Å². The summed E-state index contributed by atoms with van der Waals surface area (Å²) in [6.07, 6.45) is 0. The number of rotatable bonds is 7. The lowest BCUT2D eigenvalue weighted by atomic mass is 10.2. The van der Waals surface area contributed by atoms with Crippen LogP contribution in [0.25, 0.3) is 0 Å². The lowest BCUT2D eigenvalue weighted by molar-refractivity contribution is 0.307. The Morgan fingerprint density at radius 1 is 1.15 bits per heavy atom. The predicted molar refractivity (Wildman–Crippen MR) is 104 cm³/mol. The topological polar surface area (TPSA) is 113 Å². The molecule has 0 spiro atoms. The number of aliphatic hydroxyl groups excluding tert-OH is 1. The Kier molecular flexibility index (Phi) is 5.67. The largest absolute Gasteiger partial charge is 0.457 e. The minimum atomic E-state index is -0.319. The molecule has 0 atom stereocenters. The summed E-state index contributed by atoms with van der Waals surface area (Å²) >= 11 is 1.14. The first-order chi connectivity index (χ1) is 12.7. The third-order valence-corrected chi connectivity index (χ3v) is 4.23. The van der Waals surface area contributed by atoms with Crippen LogP contribution in [0.4, 0.5) is 10.7 Å². The van der Waals surface area contributed by atoms with Gasteiger partial charge in [-0.2, -0.15) is 0 Å². The van der Waals surface area contributed by atoms with E-state index in [0.717, 1.165) is 23.0 Å². The minimum absolute atomic E-state index is 0.0908. The number of nitrogens with zero attached hydrogens (tertiary/aromatic N) is 1. The van der Waals surface area contributed by atoms with Gasteiger partial charge in [0.15, 0.2) is 0 Å². The van der Waals surface area contributed by atoms with Gasteiger partial charge in [-0.05, 0) is 47.9 Å². The van der Waals surface area contributed by atoms with Gasteiger partial charge in [0.05, 0.1) is 13.2 Å². The standard InChI is InChI=1S/C18H18N4O3S/c19-16(20-10-11-23)15-17(24)22-26-18(15)21-12-6-8-14(9-7-12)25-13-4-2-1-3-5-13/h1-9,21,23H,10-11H2,(H2,19,20)(H,22,24). The second-order valence-corrected chi connectivity index (χ2v) is 6.11. The third kappa shape index (κ3) is 4.29. The number of ether oxygens (including phenoxy) is 1. The van der Waals surface area contributed by atoms with E-state index in [1.54, 1.807) is 0 Å². The molecule has 1 heterocycles. The highest BCUT2D eigenvalue weighted by atomic mass is 32.1. The summed E-state index contributed by atoms with van der Waals surface area (Å²) in [4.78, 5) is 15.9. The average Bonchev–Trinajstić information content (AvgIpc) is 3.02. The van der Waals surface area contributed by atoms with Crippen LogP contribution in [0.3, 0.4) is 0 Å². The summed E-state index contributed by atoms with van der Waals surface area (Å²) in [5, 5.41) is 12.6. The van der Waals surface area contributed by atoms with Gasteiger partial charge in [0.1, 0.15) is 27.9 Å². The number of aromatic amines is 1. The van der Waals surface area contributed by atoms with Crippen molar-refractivity contribution in [1.29, 1.82) is 0 Å². The fraction of sp³-hybridized carbons (Fsp3) is 0.111. The number of hydrogen-bond donors (Lipinski definition) is 4. The average molecular weight is 370 g/mol. The van der Waals surface area contributed by atoms with Gasteiger partial charge >= 0.3 is 0 Å². The zero-order chi connectivity index (χ0) is 18.4. The quantitative estimate of drug-likeness (QED) is 0.377. The van der Waals surface area contributed by atoms with Crippen LogP contribution >= 0.6 is 11.5 Å². The van der Waals surface area contributed by atoms with Gasteiger partial charge < -0.3 is 20.9 Å². The summed E-state index contributed by atoms with van der Waals surface area (Å²) in [6.45, 7) is 0.0143. The second-order valence-electron chi connectivity index (χ2n) is 5.29. The van der Waals surface area contributed by atoms with Crippen molar-refractivity contribution >= 4 is 28.1 Å². The highest BCUT2D eigenvalue weighted by Crippen LogP contribution is 2.26. The SMILES string of the molecule is NC(=NCCO)c1c(Nc2ccc(Oc3ccccc3)cc2)s[nH]c1=O. The summed E-state index contributed by atoms with van der Waals surface area (Å²) in [6, 6.07) is 16.8. The van der Waals surface area contributed by atoms with Crippen LogP contribution in [0, 0.1) is 0 Å². The summed E-state index contributed by atoms with van der Waals surface area (Å²) in [7, 11) is 0. The normalized spacial score (nSPS) is 11.3. The molecule has 0 aliphatic heterocycles. The number of benzene rings is 2. The second kappa shape index (κ2) is 8.32. The van der Waals surface area contributed by atoms with E-state index in [-0.39, 0.29) is 30.1 Å². The highest BCUT2D eigenvalue weighted by Gasteiger charge is 2.14. The van der Waals surface area contributed by atoms with Crippen LogP contribution in [-0.4, -0.2) is 28.5 Å². The maximum Gasteiger partial charge on any atom is 0.271 e. The first-order valence-electron chi connectivity index (χ1n) is 7.90. The van der Waals surface area contributed by atoms with E-state index < -0.39 is 0 Å². The Balaban J connectivity index is 1.75. The molecule has 134 valence electrons. The highest BCUT2D eigenvalue weighted by molar-refractivity contribution is 7.10. The molecule has 7 nitrogen and oxygen atoms in total. The number of aromatic nitrogens is 1. The summed E-state index contributed by atoms with van der Waals surface area (Å²) in [5.41, 5.74) is 6.58. The number of nitrogens with one attached hydrogen (secondary N) is 2. The van der Waals surface area contributed by atoms with Crippen molar-refractivity contribution < 1.29 is 9.84 Å². The van der Waals surface area contributed by atoms with E-state index in [9.17, 15) is 4.79 Å². The van der Waals surface area contributed by atoms with Crippen molar-refractivity contribution in [3.63, 3.8) is 0 Å². The molecule has 0 saturated heterocycles. The summed E-state index contributed by atoms with van der Waals surface area (Å²) < 4.78 is 8.38. The lowest BCUT2D eigenvalue weighted by Gasteiger charge is -2.08. The smallest absolute Gasteiger partial charge is 0.271 e. The predicted octanol–water partition coefficient (Wildman–Crippen LogP) is 2.67. The van der Waals surface area contributed by atoms with Gasteiger partial charge in [-0.15, -0.1) is 0 Å². The van der Waals surface area contributed by atoms with Gasteiger partial charge in [-0.25, -0.2) is 0 Å². The number of aliphatic imine (C=N–C) groups is 1. The van der Waals surface area contributed by atoms with E-state index in [2.05, 4.69) is 14.7 Å². The lowest BCUT2D eigenvalue weighted by Crippen LogP contribution is -2.22. The molecule has 2 aromatic carbocycles. The van der Waals surface area contributed by atoms with Crippen molar-refractivity contribution in [1.82, 2.24) is 4.37 Å². The van der Waals surface area contributed by atoms with Crippen molar-refractivity contribution in [2.45, 2.75) is 0 Å². The first kappa shape index (κ1) is 17.7. The van der Waals surface area contributed by atoms with Crippen LogP contribution in [0.15, 0.2) is 64.4 Å². The number of anilines is 2. The molecule has 0 aliphatic rings. The zero-order valence-electron chi connectivity index (χ0n) is 13.8. The van der Waals surface area contributed by atoms with Crippen LogP contribution in [0.1, 0.15) is 5.56 Å². The van der Waals surface area contributed by atoms with Crippen LogP contribution in [0.5, 0.6) is 11.5 Å². The van der Waals surface area contributed by atoms with Crippen LogP contribution in [0.2, 0.25) is 0 Å². The molecule has 3 aromatic rings. The Morgan fingerprint density at radius 2 is 1.85 bits per heavy atom. The van der Waals surface area contributed by atoms with E-state index in [1.807, 2.05) is 54.6 Å². The summed E-state index contributed by atoms with van der Waals surface area (Å²) in [5.74, 6) is 1.55. The number of aliphatic hydroxyl groups is 1. The minimum Gasteiger partial charge on any atom is -0.457 e. The van der Waals surface area contributed by atoms with E-state index in [4.69, 9.17) is 15.6 Å². The molecule has 0 radical (unpaired) electrons. The number of para-hydroxylation sites is 1. The molecule has 3 rings (SSSR count). The molecule has 0 fully saturated rings. The Bertz CT molecular complexity index is 933. The van der Waals surface area contributed by atoms with Crippen LogP contribution < -0.4 is 21.3 Å². The van der Waals surface area contributed by atoms with Gasteiger partial charge in [-0.1, -0.05) is 18.2 Å². The third-order valence-electron chi connectivity index (χ3n) is 3.43. The van der Waals surface area contributed by atoms with Crippen LogP contribution in [-0.2, 0) is 0 Å². The Labute approximate surface area is 153 Å². The van der Waals surface area contributed by atoms with Gasteiger partial charge in [0.2, 0.25) is 0 Å². The van der Waals surface area contributed by atoms with Crippen molar-refractivity contribution in [2.24, 2.45) is 10.7 Å². The van der Waals surface area contributed by atoms with Crippen molar-refractivity contribution in [2.75, 3.05) is 18.5 Å². The fourth-order valence-electron chi connectivity index (χ4n) is 2.23. The molecular formula is C18H18N4O3S.